The summed E-state index contributed by atoms with van der Waals surface area (Å²) in [4.78, 5) is 2.43. The second-order valence-electron chi connectivity index (χ2n) is 4.48. The largest absolute Gasteiger partial charge is 0.454 e. The van der Waals surface area contributed by atoms with E-state index in [1.807, 2.05) is 6.07 Å². The Labute approximate surface area is 102 Å². The molecular weight excluding hydrogens is 216 g/mol. The maximum Gasteiger partial charge on any atom is 0.231 e. The molecule has 0 spiro atoms. The summed E-state index contributed by atoms with van der Waals surface area (Å²) in [6.45, 7) is 4.78. The first-order chi connectivity index (χ1) is 8.43. The van der Waals surface area contributed by atoms with Gasteiger partial charge in [0.2, 0.25) is 6.79 Å². The van der Waals surface area contributed by atoms with Gasteiger partial charge in [-0.05, 0) is 38.1 Å². The van der Waals surface area contributed by atoms with E-state index in [9.17, 15) is 0 Å². The second-order valence-corrected chi connectivity index (χ2v) is 4.48. The third-order valence-corrected chi connectivity index (χ3v) is 3.28. The van der Waals surface area contributed by atoms with Gasteiger partial charge in [0.1, 0.15) is 0 Å². The van der Waals surface area contributed by atoms with Gasteiger partial charge >= 0.3 is 0 Å². The molecule has 0 aliphatic carbocycles. The lowest BCUT2D eigenvalue weighted by Gasteiger charge is -2.27. The molecule has 4 nitrogen and oxygen atoms in total. The van der Waals surface area contributed by atoms with Crippen molar-refractivity contribution in [3.05, 3.63) is 18.2 Å². The van der Waals surface area contributed by atoms with Crippen LogP contribution in [0.25, 0.3) is 0 Å². The van der Waals surface area contributed by atoms with Gasteiger partial charge in [0.15, 0.2) is 11.5 Å². The average Bonchev–Trinajstić information content (AvgIpc) is 2.75. The number of hydrogen-bond donors (Lipinski definition) is 1. The lowest BCUT2D eigenvalue weighted by atomic mass is 10.2. The molecule has 0 bridgehead atoms. The van der Waals surface area contributed by atoms with Crippen molar-refractivity contribution >= 4 is 5.69 Å². The van der Waals surface area contributed by atoms with Crippen LogP contribution in [0.3, 0.4) is 0 Å². The van der Waals surface area contributed by atoms with Gasteiger partial charge in [-0.2, -0.15) is 0 Å². The van der Waals surface area contributed by atoms with Crippen molar-refractivity contribution in [2.75, 3.05) is 37.9 Å². The molecule has 0 amide bonds. The highest BCUT2D eigenvalue weighted by Crippen LogP contribution is 2.35. The second kappa shape index (κ2) is 4.84. The van der Waals surface area contributed by atoms with E-state index in [1.54, 1.807) is 0 Å². The van der Waals surface area contributed by atoms with Gasteiger partial charge in [0, 0.05) is 24.8 Å². The number of rotatable bonds is 1. The molecule has 92 valence electrons. The van der Waals surface area contributed by atoms with Gasteiger partial charge in [-0.3, -0.25) is 0 Å². The minimum atomic E-state index is 0.350. The van der Waals surface area contributed by atoms with Crippen LogP contribution in [0.5, 0.6) is 11.5 Å². The molecule has 3 rings (SSSR count). The Hall–Kier alpha value is -1.42. The molecule has 2 aliphatic heterocycles. The lowest BCUT2D eigenvalue weighted by Crippen LogP contribution is -2.33. The SMILES string of the molecule is c1cc2c(cc1N1CCCNCCC1)OCO2. The van der Waals surface area contributed by atoms with Crippen LogP contribution in [0.4, 0.5) is 5.69 Å². The van der Waals surface area contributed by atoms with Crippen LogP contribution < -0.4 is 19.7 Å². The number of nitrogens with one attached hydrogen (secondary N) is 1. The predicted molar refractivity (Wildman–Crippen MR) is 66.9 cm³/mol. The Morgan fingerprint density at radius 1 is 1.00 bits per heavy atom. The van der Waals surface area contributed by atoms with Crippen LogP contribution in [0.1, 0.15) is 12.8 Å². The molecule has 1 aromatic rings. The molecule has 0 atom stereocenters. The molecule has 2 heterocycles. The van der Waals surface area contributed by atoms with Crippen LogP contribution >= 0.6 is 0 Å². The first-order valence-corrected chi connectivity index (χ1v) is 6.29. The smallest absolute Gasteiger partial charge is 0.231 e. The zero-order valence-electron chi connectivity index (χ0n) is 9.95. The molecule has 17 heavy (non-hydrogen) atoms. The monoisotopic (exact) mass is 234 g/mol. The minimum absolute atomic E-state index is 0.350. The van der Waals surface area contributed by atoms with E-state index in [0.29, 0.717) is 6.79 Å². The Bertz CT molecular complexity index is 387. The molecule has 0 radical (unpaired) electrons. The average molecular weight is 234 g/mol. The van der Waals surface area contributed by atoms with Crippen molar-refractivity contribution in [2.24, 2.45) is 0 Å². The summed E-state index contributed by atoms with van der Waals surface area (Å²) in [5.74, 6) is 1.74. The number of fused-ring (bicyclic) bond motifs is 1. The molecule has 1 aromatic carbocycles. The summed E-state index contributed by atoms with van der Waals surface area (Å²) in [5.41, 5.74) is 1.25. The molecule has 0 aromatic heterocycles. The first-order valence-electron chi connectivity index (χ1n) is 6.29. The third kappa shape index (κ3) is 2.31. The number of nitrogens with zero attached hydrogens (tertiary/aromatic N) is 1. The van der Waals surface area contributed by atoms with Gasteiger partial charge in [0.05, 0.1) is 0 Å². The molecule has 0 saturated carbocycles. The Kier molecular flexibility index (Phi) is 3.05. The van der Waals surface area contributed by atoms with E-state index >= 15 is 0 Å². The molecular formula is C13H18N2O2. The fraction of sp³-hybridized carbons (Fsp3) is 0.538. The lowest BCUT2D eigenvalue weighted by molar-refractivity contribution is 0.174. The normalized spacial score (nSPS) is 19.9. The number of hydrogen-bond acceptors (Lipinski definition) is 4. The van der Waals surface area contributed by atoms with Crippen LogP contribution in [-0.4, -0.2) is 33.0 Å². The van der Waals surface area contributed by atoms with E-state index in [-0.39, 0.29) is 0 Å². The third-order valence-electron chi connectivity index (χ3n) is 3.28. The quantitative estimate of drug-likeness (QED) is 0.800. The highest BCUT2D eigenvalue weighted by molar-refractivity contribution is 5.57. The molecule has 1 N–H and O–H groups in total. The summed E-state index contributed by atoms with van der Waals surface area (Å²) in [7, 11) is 0. The van der Waals surface area contributed by atoms with E-state index < -0.39 is 0 Å². The van der Waals surface area contributed by atoms with Crippen LogP contribution in [0, 0.1) is 0 Å². The van der Waals surface area contributed by atoms with Crippen molar-refractivity contribution in [1.82, 2.24) is 5.32 Å². The maximum absolute atomic E-state index is 5.42. The molecule has 4 heteroatoms. The first kappa shape index (κ1) is 10.7. The van der Waals surface area contributed by atoms with Gasteiger partial charge in [-0.25, -0.2) is 0 Å². The van der Waals surface area contributed by atoms with E-state index in [0.717, 1.165) is 37.7 Å². The van der Waals surface area contributed by atoms with Crippen molar-refractivity contribution in [3.8, 4) is 11.5 Å². The van der Waals surface area contributed by atoms with Crippen molar-refractivity contribution in [2.45, 2.75) is 12.8 Å². The van der Waals surface area contributed by atoms with E-state index in [4.69, 9.17) is 9.47 Å². The Morgan fingerprint density at radius 3 is 2.59 bits per heavy atom. The van der Waals surface area contributed by atoms with Gasteiger partial charge < -0.3 is 19.7 Å². The zero-order valence-corrected chi connectivity index (χ0v) is 9.95. The summed E-state index contributed by atoms with van der Waals surface area (Å²) in [6, 6.07) is 6.23. The van der Waals surface area contributed by atoms with Crippen LogP contribution in [0.2, 0.25) is 0 Å². The highest BCUT2D eigenvalue weighted by Gasteiger charge is 2.16. The fourth-order valence-corrected chi connectivity index (χ4v) is 2.37. The van der Waals surface area contributed by atoms with Crippen molar-refractivity contribution in [1.29, 1.82) is 0 Å². The predicted octanol–water partition coefficient (Wildman–Crippen LogP) is 1.61. The van der Waals surface area contributed by atoms with Crippen LogP contribution in [0.15, 0.2) is 18.2 Å². The number of benzene rings is 1. The summed E-state index contributed by atoms with van der Waals surface area (Å²) < 4.78 is 10.8. The highest BCUT2D eigenvalue weighted by atomic mass is 16.7. The molecule has 2 aliphatic rings. The molecule has 0 unspecified atom stereocenters. The zero-order chi connectivity index (χ0) is 11.5. The number of anilines is 1. The van der Waals surface area contributed by atoms with E-state index in [1.165, 1.54) is 18.5 Å². The van der Waals surface area contributed by atoms with Crippen molar-refractivity contribution < 1.29 is 9.47 Å². The van der Waals surface area contributed by atoms with Gasteiger partial charge in [-0.15, -0.1) is 0 Å². The maximum atomic E-state index is 5.42. The van der Waals surface area contributed by atoms with Crippen molar-refractivity contribution in [3.63, 3.8) is 0 Å². The van der Waals surface area contributed by atoms with Gasteiger partial charge in [-0.1, -0.05) is 0 Å². The molecule has 1 fully saturated rings. The summed E-state index contributed by atoms with van der Waals surface area (Å²) >= 11 is 0. The summed E-state index contributed by atoms with van der Waals surface area (Å²) in [6.07, 6.45) is 2.38. The Balaban J connectivity index is 1.77. The summed E-state index contributed by atoms with van der Waals surface area (Å²) in [5, 5.41) is 3.43. The van der Waals surface area contributed by atoms with Gasteiger partial charge in [0.25, 0.3) is 0 Å². The topological polar surface area (TPSA) is 33.7 Å². The number of ether oxygens (including phenoxy) is 2. The molecule has 1 saturated heterocycles. The van der Waals surface area contributed by atoms with E-state index in [2.05, 4.69) is 22.3 Å². The van der Waals surface area contributed by atoms with Crippen LogP contribution in [-0.2, 0) is 0 Å². The fourth-order valence-electron chi connectivity index (χ4n) is 2.37. The minimum Gasteiger partial charge on any atom is -0.454 e. The standard InChI is InChI=1S/C13H18N2O2/c1-5-14-6-2-8-15(7-1)11-3-4-12-13(9-11)17-10-16-12/h3-4,9,14H,1-2,5-8,10H2. The Morgan fingerprint density at radius 2 is 1.76 bits per heavy atom.